The van der Waals surface area contributed by atoms with Gasteiger partial charge >= 0.3 is 0 Å². The Morgan fingerprint density at radius 3 is 2.43 bits per heavy atom. The highest BCUT2D eigenvalue weighted by Crippen LogP contribution is 2.27. The predicted molar refractivity (Wildman–Crippen MR) is 124 cm³/mol. The van der Waals surface area contributed by atoms with E-state index in [-0.39, 0.29) is 35.8 Å². The number of nitrogens with one attached hydrogen (secondary N) is 2. The number of methoxy groups -OCH3 is 1. The van der Waals surface area contributed by atoms with E-state index in [1.54, 1.807) is 26.3 Å². The third-order valence-corrected chi connectivity index (χ3v) is 4.45. The van der Waals surface area contributed by atoms with Gasteiger partial charge in [-0.25, -0.2) is 4.39 Å². The first kappa shape index (κ1) is 24.2. The van der Waals surface area contributed by atoms with E-state index in [4.69, 9.17) is 4.74 Å². The van der Waals surface area contributed by atoms with Crippen LogP contribution >= 0.6 is 24.0 Å². The molecular weight excluding hydrogens is 470 g/mol. The summed E-state index contributed by atoms with van der Waals surface area (Å²) in [5.74, 6) is 1.37. The second kappa shape index (κ2) is 12.6. The third kappa shape index (κ3) is 6.94. The zero-order valence-corrected chi connectivity index (χ0v) is 19.2. The molecule has 1 unspecified atom stereocenters. The van der Waals surface area contributed by atoms with E-state index in [2.05, 4.69) is 26.6 Å². The Labute approximate surface area is 184 Å². The maximum absolute atomic E-state index is 13.7. The SMILES string of the molecule is CN=C(NCCc1ccccc1F)NCC(c1ccccc1OC)N(C)C.I. The van der Waals surface area contributed by atoms with E-state index >= 15 is 0 Å². The van der Waals surface area contributed by atoms with Crippen molar-refractivity contribution in [2.24, 2.45) is 4.99 Å². The minimum Gasteiger partial charge on any atom is -0.496 e. The van der Waals surface area contributed by atoms with E-state index < -0.39 is 0 Å². The number of aliphatic imine (C=N–C) groups is 1. The molecule has 2 aromatic carbocycles. The maximum atomic E-state index is 13.7. The van der Waals surface area contributed by atoms with Crippen molar-refractivity contribution < 1.29 is 9.13 Å². The Morgan fingerprint density at radius 1 is 1.11 bits per heavy atom. The first-order valence-electron chi connectivity index (χ1n) is 9.04. The normalized spacial score (nSPS) is 12.3. The smallest absolute Gasteiger partial charge is 0.191 e. The molecule has 0 aliphatic rings. The summed E-state index contributed by atoms with van der Waals surface area (Å²) >= 11 is 0. The highest BCUT2D eigenvalue weighted by atomic mass is 127. The lowest BCUT2D eigenvalue weighted by Crippen LogP contribution is -2.42. The summed E-state index contributed by atoms with van der Waals surface area (Å²) in [7, 11) is 7.48. The summed E-state index contributed by atoms with van der Waals surface area (Å²) in [6.45, 7) is 1.26. The second-order valence-electron chi connectivity index (χ2n) is 6.44. The highest BCUT2D eigenvalue weighted by Gasteiger charge is 2.18. The lowest BCUT2D eigenvalue weighted by Gasteiger charge is -2.27. The van der Waals surface area contributed by atoms with Gasteiger partial charge in [-0.3, -0.25) is 4.99 Å². The number of halogens is 2. The van der Waals surface area contributed by atoms with Crippen LogP contribution in [0.15, 0.2) is 53.5 Å². The van der Waals surface area contributed by atoms with Crippen LogP contribution in [-0.4, -0.2) is 52.2 Å². The Balaban J connectivity index is 0.00000392. The van der Waals surface area contributed by atoms with E-state index in [1.807, 2.05) is 38.4 Å². The second-order valence-corrected chi connectivity index (χ2v) is 6.44. The standard InChI is InChI=1S/C21H29FN4O.HI/c1-23-21(24-14-13-16-9-5-7-11-18(16)22)25-15-19(26(2)3)17-10-6-8-12-20(17)27-4;/h5-12,19H,13-15H2,1-4H3,(H2,23,24,25);1H. The van der Waals surface area contributed by atoms with Crippen LogP contribution in [0, 0.1) is 5.82 Å². The van der Waals surface area contributed by atoms with Gasteiger partial charge in [0.2, 0.25) is 0 Å². The average Bonchev–Trinajstić information content (AvgIpc) is 2.68. The minimum atomic E-state index is -0.175. The van der Waals surface area contributed by atoms with Crippen LogP contribution in [0.25, 0.3) is 0 Å². The van der Waals surface area contributed by atoms with Gasteiger partial charge in [0.1, 0.15) is 11.6 Å². The Kier molecular flexibility index (Phi) is 10.8. The Bertz CT molecular complexity index is 755. The molecule has 0 aliphatic carbocycles. The van der Waals surface area contributed by atoms with Gasteiger partial charge in [0, 0.05) is 25.7 Å². The van der Waals surface area contributed by atoms with Crippen molar-refractivity contribution in [2.75, 3.05) is 41.3 Å². The lowest BCUT2D eigenvalue weighted by molar-refractivity contribution is 0.288. The topological polar surface area (TPSA) is 48.9 Å². The van der Waals surface area contributed by atoms with Gasteiger partial charge in [0.25, 0.3) is 0 Å². The number of para-hydroxylation sites is 1. The number of likely N-dealkylation sites (N-methyl/N-ethyl adjacent to an activating group) is 1. The number of benzene rings is 2. The molecule has 0 spiro atoms. The summed E-state index contributed by atoms with van der Waals surface area (Å²) in [6, 6.07) is 15.0. The van der Waals surface area contributed by atoms with Crippen molar-refractivity contribution in [1.82, 2.24) is 15.5 Å². The van der Waals surface area contributed by atoms with Gasteiger partial charge in [-0.1, -0.05) is 36.4 Å². The van der Waals surface area contributed by atoms with Crippen molar-refractivity contribution in [2.45, 2.75) is 12.5 Å². The molecule has 28 heavy (non-hydrogen) atoms. The number of ether oxygens (including phenoxy) is 1. The molecular formula is C21H30FIN4O. The fraction of sp³-hybridized carbons (Fsp3) is 0.381. The fourth-order valence-corrected chi connectivity index (χ4v) is 2.94. The molecule has 1 atom stereocenters. The van der Waals surface area contributed by atoms with Crippen LogP contribution in [-0.2, 0) is 6.42 Å². The summed E-state index contributed by atoms with van der Waals surface area (Å²) in [4.78, 5) is 6.40. The molecule has 7 heteroatoms. The van der Waals surface area contributed by atoms with Crippen molar-refractivity contribution >= 4 is 29.9 Å². The number of hydrogen-bond donors (Lipinski definition) is 2. The molecule has 0 saturated heterocycles. The Morgan fingerprint density at radius 2 is 1.79 bits per heavy atom. The van der Waals surface area contributed by atoms with E-state index in [0.717, 1.165) is 11.3 Å². The molecule has 0 aromatic heterocycles. The average molecular weight is 500 g/mol. The van der Waals surface area contributed by atoms with Gasteiger partial charge in [-0.2, -0.15) is 0 Å². The molecule has 0 amide bonds. The zero-order chi connectivity index (χ0) is 19.6. The minimum absolute atomic E-state index is 0. The fourth-order valence-electron chi connectivity index (χ4n) is 2.94. The number of guanidine groups is 1. The van der Waals surface area contributed by atoms with Crippen LogP contribution in [0.1, 0.15) is 17.2 Å². The predicted octanol–water partition coefficient (Wildman–Crippen LogP) is 3.46. The van der Waals surface area contributed by atoms with Gasteiger partial charge in [-0.15, -0.1) is 24.0 Å². The first-order chi connectivity index (χ1) is 13.1. The quantitative estimate of drug-likeness (QED) is 0.331. The van der Waals surface area contributed by atoms with E-state index in [0.29, 0.717) is 31.0 Å². The lowest BCUT2D eigenvalue weighted by atomic mass is 10.0. The number of rotatable bonds is 8. The monoisotopic (exact) mass is 500 g/mol. The van der Waals surface area contributed by atoms with Crippen LogP contribution in [0.3, 0.4) is 0 Å². The van der Waals surface area contributed by atoms with Crippen molar-refractivity contribution in [3.8, 4) is 5.75 Å². The molecule has 0 radical (unpaired) electrons. The molecule has 0 aliphatic heterocycles. The van der Waals surface area contributed by atoms with Gasteiger partial charge in [0.15, 0.2) is 5.96 Å². The van der Waals surface area contributed by atoms with Crippen molar-refractivity contribution in [3.63, 3.8) is 0 Å². The molecule has 0 fully saturated rings. The van der Waals surface area contributed by atoms with E-state index in [1.165, 1.54) is 6.07 Å². The Hall–Kier alpha value is -1.87. The molecule has 0 bridgehead atoms. The third-order valence-electron chi connectivity index (χ3n) is 4.45. The largest absolute Gasteiger partial charge is 0.496 e. The summed E-state index contributed by atoms with van der Waals surface area (Å²) in [6.07, 6.45) is 0.594. The maximum Gasteiger partial charge on any atom is 0.191 e. The molecule has 0 saturated carbocycles. The zero-order valence-electron chi connectivity index (χ0n) is 16.9. The summed E-state index contributed by atoms with van der Waals surface area (Å²) in [5, 5.41) is 6.59. The molecule has 154 valence electrons. The molecule has 0 heterocycles. The number of nitrogens with zero attached hydrogens (tertiary/aromatic N) is 2. The summed E-state index contributed by atoms with van der Waals surface area (Å²) < 4.78 is 19.2. The van der Waals surface area contributed by atoms with E-state index in [9.17, 15) is 4.39 Å². The van der Waals surface area contributed by atoms with Gasteiger partial charge in [-0.05, 0) is 38.2 Å². The number of hydrogen-bond acceptors (Lipinski definition) is 3. The van der Waals surface area contributed by atoms with Crippen LogP contribution in [0.4, 0.5) is 4.39 Å². The van der Waals surface area contributed by atoms with Crippen molar-refractivity contribution in [1.29, 1.82) is 0 Å². The van der Waals surface area contributed by atoms with Crippen LogP contribution in [0.2, 0.25) is 0 Å². The summed E-state index contributed by atoms with van der Waals surface area (Å²) in [5.41, 5.74) is 1.81. The molecule has 2 aromatic rings. The van der Waals surface area contributed by atoms with Gasteiger partial charge in [0.05, 0.1) is 13.2 Å². The van der Waals surface area contributed by atoms with Gasteiger partial charge < -0.3 is 20.3 Å². The van der Waals surface area contributed by atoms with Crippen LogP contribution < -0.4 is 15.4 Å². The molecule has 2 rings (SSSR count). The molecule has 2 N–H and O–H groups in total. The van der Waals surface area contributed by atoms with Crippen LogP contribution in [0.5, 0.6) is 5.75 Å². The first-order valence-corrected chi connectivity index (χ1v) is 9.04. The van der Waals surface area contributed by atoms with Crippen molar-refractivity contribution in [3.05, 3.63) is 65.5 Å². The highest BCUT2D eigenvalue weighted by molar-refractivity contribution is 14.0. The molecule has 5 nitrogen and oxygen atoms in total.